The van der Waals surface area contributed by atoms with Crippen molar-refractivity contribution < 1.29 is 19.0 Å². The Morgan fingerprint density at radius 1 is 1.35 bits per heavy atom. The smallest absolute Gasteiger partial charge is 0.308 e. The van der Waals surface area contributed by atoms with Gasteiger partial charge in [-0.25, -0.2) is 0 Å². The lowest BCUT2D eigenvalue weighted by Crippen LogP contribution is -2.19. The van der Waals surface area contributed by atoms with E-state index in [1.165, 1.54) is 12.7 Å². The van der Waals surface area contributed by atoms with E-state index in [1.54, 1.807) is 0 Å². The van der Waals surface area contributed by atoms with E-state index in [0.717, 1.165) is 24.2 Å². The number of benzene rings is 1. The third kappa shape index (κ3) is 3.22. The predicted molar refractivity (Wildman–Crippen MR) is 75.1 cm³/mol. The van der Waals surface area contributed by atoms with Crippen molar-refractivity contribution in [2.75, 3.05) is 20.3 Å². The monoisotopic (exact) mass is 279 g/mol. The van der Waals surface area contributed by atoms with Crippen LogP contribution in [0.5, 0.6) is 11.5 Å². The predicted octanol–water partition coefficient (Wildman–Crippen LogP) is 1.45. The fourth-order valence-electron chi connectivity index (χ4n) is 2.44. The zero-order valence-electron chi connectivity index (χ0n) is 12.0. The Labute approximate surface area is 119 Å². The Kier molecular flexibility index (Phi) is 4.84. The topological polar surface area (TPSA) is 70.8 Å². The standard InChI is InChI=1S/C15H21NO4/c1-3-19-13-5-4-10-8-11(16)9-12(10)15(13)20-7-6-14(17)18-2/h4-5,11H,3,6-9,16H2,1-2H3. The highest BCUT2D eigenvalue weighted by atomic mass is 16.5. The Morgan fingerprint density at radius 2 is 2.15 bits per heavy atom. The van der Waals surface area contributed by atoms with Gasteiger partial charge in [0.05, 0.1) is 26.7 Å². The first-order valence-electron chi connectivity index (χ1n) is 6.88. The molecule has 5 nitrogen and oxygen atoms in total. The summed E-state index contributed by atoms with van der Waals surface area (Å²) in [6, 6.07) is 4.08. The fourth-order valence-corrected chi connectivity index (χ4v) is 2.44. The van der Waals surface area contributed by atoms with Crippen molar-refractivity contribution in [3.63, 3.8) is 0 Å². The lowest BCUT2D eigenvalue weighted by molar-refractivity contribution is -0.141. The Hall–Kier alpha value is -1.75. The molecule has 5 heteroatoms. The van der Waals surface area contributed by atoms with E-state index in [0.29, 0.717) is 12.4 Å². The molecule has 1 atom stereocenters. The largest absolute Gasteiger partial charge is 0.490 e. The summed E-state index contributed by atoms with van der Waals surface area (Å²) in [5.74, 6) is 1.15. The molecule has 0 saturated heterocycles. The molecule has 0 spiro atoms. The second-order valence-corrected chi connectivity index (χ2v) is 4.81. The highest BCUT2D eigenvalue weighted by molar-refractivity contribution is 5.69. The lowest BCUT2D eigenvalue weighted by atomic mass is 10.1. The highest BCUT2D eigenvalue weighted by Gasteiger charge is 2.24. The first-order valence-corrected chi connectivity index (χ1v) is 6.88. The zero-order chi connectivity index (χ0) is 14.5. The van der Waals surface area contributed by atoms with E-state index < -0.39 is 0 Å². The van der Waals surface area contributed by atoms with E-state index in [-0.39, 0.29) is 25.0 Å². The number of esters is 1. The second kappa shape index (κ2) is 6.61. The molecule has 0 aromatic heterocycles. The van der Waals surface area contributed by atoms with Crippen LogP contribution in [-0.4, -0.2) is 32.3 Å². The lowest BCUT2D eigenvalue weighted by Gasteiger charge is -2.15. The second-order valence-electron chi connectivity index (χ2n) is 4.81. The summed E-state index contributed by atoms with van der Waals surface area (Å²) in [6.45, 7) is 2.77. The molecular formula is C15H21NO4. The maximum atomic E-state index is 11.1. The summed E-state index contributed by atoms with van der Waals surface area (Å²) in [5, 5.41) is 0. The minimum Gasteiger partial charge on any atom is -0.490 e. The van der Waals surface area contributed by atoms with Crippen LogP contribution >= 0.6 is 0 Å². The van der Waals surface area contributed by atoms with Crippen LogP contribution in [0.25, 0.3) is 0 Å². The summed E-state index contributed by atoms with van der Waals surface area (Å²) in [4.78, 5) is 11.1. The molecule has 0 bridgehead atoms. The number of nitrogens with two attached hydrogens (primary N) is 1. The van der Waals surface area contributed by atoms with Crippen LogP contribution in [0.3, 0.4) is 0 Å². The van der Waals surface area contributed by atoms with E-state index >= 15 is 0 Å². The average molecular weight is 279 g/mol. The van der Waals surface area contributed by atoms with E-state index in [9.17, 15) is 4.79 Å². The third-order valence-corrected chi connectivity index (χ3v) is 3.35. The number of ether oxygens (including phenoxy) is 3. The van der Waals surface area contributed by atoms with Crippen molar-refractivity contribution in [3.05, 3.63) is 23.3 Å². The Balaban J connectivity index is 2.16. The van der Waals surface area contributed by atoms with Gasteiger partial charge in [0.2, 0.25) is 0 Å². The van der Waals surface area contributed by atoms with Crippen molar-refractivity contribution in [2.24, 2.45) is 5.73 Å². The van der Waals surface area contributed by atoms with Crippen LogP contribution in [0.1, 0.15) is 24.5 Å². The molecule has 1 unspecified atom stereocenters. The third-order valence-electron chi connectivity index (χ3n) is 3.35. The Morgan fingerprint density at radius 3 is 2.85 bits per heavy atom. The average Bonchev–Trinajstić information content (AvgIpc) is 2.81. The summed E-state index contributed by atoms with van der Waals surface area (Å²) < 4.78 is 16.0. The van der Waals surface area contributed by atoms with Crippen molar-refractivity contribution in [1.29, 1.82) is 0 Å². The summed E-state index contributed by atoms with van der Waals surface area (Å²) in [6.07, 6.45) is 1.86. The van der Waals surface area contributed by atoms with Gasteiger partial charge in [0, 0.05) is 11.6 Å². The molecule has 1 aliphatic carbocycles. The van der Waals surface area contributed by atoms with E-state index in [2.05, 4.69) is 4.74 Å². The quantitative estimate of drug-likeness (QED) is 0.798. The van der Waals surface area contributed by atoms with Gasteiger partial charge in [-0.3, -0.25) is 4.79 Å². The first kappa shape index (κ1) is 14.7. The number of hydrogen-bond acceptors (Lipinski definition) is 5. The van der Waals surface area contributed by atoms with Crippen molar-refractivity contribution in [1.82, 2.24) is 0 Å². The normalized spacial score (nSPS) is 16.6. The maximum Gasteiger partial charge on any atom is 0.308 e. The van der Waals surface area contributed by atoms with Crippen LogP contribution in [-0.2, 0) is 22.4 Å². The molecule has 1 aromatic rings. The highest BCUT2D eigenvalue weighted by Crippen LogP contribution is 2.38. The number of methoxy groups -OCH3 is 1. The molecule has 0 aliphatic heterocycles. The van der Waals surface area contributed by atoms with Gasteiger partial charge in [-0.1, -0.05) is 6.07 Å². The van der Waals surface area contributed by atoms with Crippen LogP contribution < -0.4 is 15.2 Å². The zero-order valence-corrected chi connectivity index (χ0v) is 12.0. The molecular weight excluding hydrogens is 258 g/mol. The van der Waals surface area contributed by atoms with Gasteiger partial charge in [-0.05, 0) is 31.4 Å². The maximum absolute atomic E-state index is 11.1. The van der Waals surface area contributed by atoms with Crippen molar-refractivity contribution in [3.8, 4) is 11.5 Å². The SMILES string of the molecule is CCOc1ccc2c(c1OCCC(=O)OC)CC(N)C2. The van der Waals surface area contributed by atoms with E-state index in [4.69, 9.17) is 15.2 Å². The van der Waals surface area contributed by atoms with Gasteiger partial charge in [0.1, 0.15) is 0 Å². The van der Waals surface area contributed by atoms with Crippen LogP contribution in [0.2, 0.25) is 0 Å². The molecule has 110 valence electrons. The summed E-state index contributed by atoms with van der Waals surface area (Å²) >= 11 is 0. The molecule has 0 fully saturated rings. The van der Waals surface area contributed by atoms with Crippen LogP contribution in [0.15, 0.2) is 12.1 Å². The molecule has 0 heterocycles. The molecule has 1 aliphatic rings. The van der Waals surface area contributed by atoms with Gasteiger partial charge in [0.25, 0.3) is 0 Å². The minimum atomic E-state index is -0.285. The number of rotatable bonds is 6. The molecule has 2 N–H and O–H groups in total. The number of carbonyl (C=O) groups excluding carboxylic acids is 1. The van der Waals surface area contributed by atoms with Gasteiger partial charge >= 0.3 is 5.97 Å². The fraction of sp³-hybridized carbons (Fsp3) is 0.533. The summed E-state index contributed by atoms with van der Waals surface area (Å²) in [7, 11) is 1.37. The van der Waals surface area contributed by atoms with Crippen molar-refractivity contribution >= 4 is 5.97 Å². The molecule has 0 radical (unpaired) electrons. The minimum absolute atomic E-state index is 0.129. The summed E-state index contributed by atoms with van der Waals surface area (Å²) in [5.41, 5.74) is 8.31. The van der Waals surface area contributed by atoms with Crippen LogP contribution in [0.4, 0.5) is 0 Å². The molecule has 0 saturated carbocycles. The van der Waals surface area contributed by atoms with Gasteiger partial charge in [-0.2, -0.15) is 0 Å². The number of carbonyl (C=O) groups is 1. The van der Waals surface area contributed by atoms with Gasteiger partial charge in [-0.15, -0.1) is 0 Å². The molecule has 0 amide bonds. The number of fused-ring (bicyclic) bond motifs is 1. The molecule has 2 rings (SSSR count). The molecule has 20 heavy (non-hydrogen) atoms. The van der Waals surface area contributed by atoms with Crippen LogP contribution in [0, 0.1) is 0 Å². The first-order chi connectivity index (χ1) is 9.65. The Bertz CT molecular complexity index is 487. The van der Waals surface area contributed by atoms with Crippen molar-refractivity contribution in [2.45, 2.75) is 32.2 Å². The number of hydrogen-bond donors (Lipinski definition) is 1. The van der Waals surface area contributed by atoms with Gasteiger partial charge in [0.15, 0.2) is 11.5 Å². The van der Waals surface area contributed by atoms with E-state index in [1.807, 2.05) is 19.1 Å². The van der Waals surface area contributed by atoms with Gasteiger partial charge < -0.3 is 19.9 Å². The molecule has 1 aromatic carbocycles.